The molecule has 2 aromatic carbocycles. The first-order chi connectivity index (χ1) is 19.7. The number of carbonyl (C=O) groups excluding carboxylic acids is 3. The number of methoxy groups -OCH3 is 1. The van der Waals surface area contributed by atoms with Gasteiger partial charge in [0.25, 0.3) is 0 Å². The largest absolute Gasteiger partial charge is 0.490 e. The molecule has 1 aliphatic heterocycles. The fourth-order valence-electron chi connectivity index (χ4n) is 3.93. The van der Waals surface area contributed by atoms with E-state index < -0.39 is 30.2 Å². The lowest BCUT2D eigenvalue weighted by Gasteiger charge is -2.28. The molecule has 3 rings (SSSR count). The lowest BCUT2D eigenvalue weighted by Crippen LogP contribution is -2.45. The van der Waals surface area contributed by atoms with Crippen molar-refractivity contribution in [3.05, 3.63) is 58.8 Å². The van der Waals surface area contributed by atoms with Gasteiger partial charge in [0.1, 0.15) is 6.61 Å². The number of rotatable bonds is 13. The van der Waals surface area contributed by atoms with Crippen molar-refractivity contribution in [2.24, 2.45) is 5.10 Å². The van der Waals surface area contributed by atoms with Crippen LogP contribution in [-0.4, -0.2) is 62.4 Å². The van der Waals surface area contributed by atoms with Gasteiger partial charge in [0.15, 0.2) is 29.2 Å². The Bertz CT molecular complexity index is 1330. The first kappa shape index (κ1) is 30.8. The molecule has 0 fully saturated rings. The maximum Gasteiger partial charge on any atom is 0.337 e. The van der Waals surface area contributed by atoms with Gasteiger partial charge in [-0.25, -0.2) is 9.59 Å². The summed E-state index contributed by atoms with van der Waals surface area (Å²) < 4.78 is 27.0. The standard InChI is InChI=1S/C28H34N4O9/c1-6-38-22-12-18(8-10-21(22)41-17(4)33)14-29-32-24(34)15-40-20-11-9-19(13-23(20)39-7-2)26-25(27(35)37-5)16(3)30-28(36)31-26/h8-14,24,26,32,34H,6-7,15H2,1-5H3,(H2,30,31,36)/b29-14+/t24-,26+/m0/s1. The first-order valence-electron chi connectivity index (χ1n) is 12.8. The third-order valence-electron chi connectivity index (χ3n) is 5.63. The number of carbonyl (C=O) groups is 3. The Labute approximate surface area is 237 Å². The summed E-state index contributed by atoms with van der Waals surface area (Å²) in [6.07, 6.45) is 0.290. The minimum absolute atomic E-state index is 0.178. The molecule has 41 heavy (non-hydrogen) atoms. The second-order valence-electron chi connectivity index (χ2n) is 8.65. The van der Waals surface area contributed by atoms with Crippen molar-refractivity contribution in [1.82, 2.24) is 16.1 Å². The smallest absolute Gasteiger partial charge is 0.337 e. The number of allylic oxidation sites excluding steroid dienone is 1. The van der Waals surface area contributed by atoms with Crippen LogP contribution >= 0.6 is 0 Å². The molecule has 13 nitrogen and oxygen atoms in total. The van der Waals surface area contributed by atoms with Gasteiger partial charge < -0.3 is 39.4 Å². The molecule has 4 N–H and O–H groups in total. The first-order valence-corrected chi connectivity index (χ1v) is 12.8. The number of hydrazone groups is 1. The molecule has 0 radical (unpaired) electrons. The molecule has 2 aromatic rings. The van der Waals surface area contributed by atoms with E-state index in [0.717, 1.165) is 0 Å². The summed E-state index contributed by atoms with van der Waals surface area (Å²) in [5.74, 6) is 0.327. The van der Waals surface area contributed by atoms with Crippen LogP contribution in [0.1, 0.15) is 44.9 Å². The second-order valence-corrected chi connectivity index (χ2v) is 8.65. The topological polar surface area (TPSA) is 166 Å². The highest BCUT2D eigenvalue weighted by Crippen LogP contribution is 2.35. The van der Waals surface area contributed by atoms with Crippen molar-refractivity contribution in [3.8, 4) is 23.0 Å². The number of benzene rings is 2. The maximum absolute atomic E-state index is 12.4. The summed E-state index contributed by atoms with van der Waals surface area (Å²) in [4.78, 5) is 35.8. The Hall–Kier alpha value is -4.78. The number of aliphatic hydroxyl groups excluding tert-OH is 1. The van der Waals surface area contributed by atoms with E-state index in [9.17, 15) is 19.5 Å². The zero-order chi connectivity index (χ0) is 29.9. The zero-order valence-corrected chi connectivity index (χ0v) is 23.5. The molecule has 1 aliphatic rings. The molecule has 2 amide bonds. The number of nitrogens with one attached hydrogen (secondary N) is 3. The number of hydrogen-bond acceptors (Lipinski definition) is 11. The van der Waals surface area contributed by atoms with Gasteiger partial charge in [-0.2, -0.15) is 5.10 Å². The highest BCUT2D eigenvalue weighted by Gasteiger charge is 2.32. The quantitative estimate of drug-likeness (QED) is 0.0924. The number of nitrogens with zero attached hydrogens (tertiary/aromatic N) is 1. The van der Waals surface area contributed by atoms with Crippen molar-refractivity contribution in [2.75, 3.05) is 26.9 Å². The third kappa shape index (κ3) is 8.35. The van der Waals surface area contributed by atoms with Gasteiger partial charge in [0, 0.05) is 12.6 Å². The molecule has 220 valence electrons. The predicted molar refractivity (Wildman–Crippen MR) is 148 cm³/mol. The zero-order valence-electron chi connectivity index (χ0n) is 23.5. The number of urea groups is 1. The van der Waals surface area contributed by atoms with Gasteiger partial charge in [0.05, 0.1) is 38.2 Å². The van der Waals surface area contributed by atoms with E-state index in [4.69, 9.17) is 23.7 Å². The summed E-state index contributed by atoms with van der Waals surface area (Å²) >= 11 is 0. The van der Waals surface area contributed by atoms with Gasteiger partial charge >= 0.3 is 18.0 Å². The van der Waals surface area contributed by atoms with Gasteiger partial charge in [-0.05, 0) is 62.2 Å². The lowest BCUT2D eigenvalue weighted by atomic mass is 9.95. The average molecular weight is 571 g/mol. The van der Waals surface area contributed by atoms with Crippen molar-refractivity contribution in [1.29, 1.82) is 0 Å². The van der Waals surface area contributed by atoms with Crippen LogP contribution in [-0.2, 0) is 14.3 Å². The average Bonchev–Trinajstić information content (AvgIpc) is 2.93. The molecule has 0 aliphatic carbocycles. The summed E-state index contributed by atoms with van der Waals surface area (Å²) in [6.45, 7) is 7.05. The minimum Gasteiger partial charge on any atom is -0.490 e. The van der Waals surface area contributed by atoms with Crippen LogP contribution in [0.15, 0.2) is 52.8 Å². The SMILES string of the molecule is CCOc1cc([C@H]2NC(=O)NC(C)=C2C(=O)OC)ccc1OC[C@H](O)N/N=C/c1ccc(OC(C)=O)c(OCC)c1. The van der Waals surface area contributed by atoms with Crippen LogP contribution in [0.3, 0.4) is 0 Å². The molecule has 1 heterocycles. The summed E-state index contributed by atoms with van der Waals surface area (Å²) in [5, 5.41) is 19.7. The molecule has 2 atom stereocenters. The Kier molecular flexibility index (Phi) is 10.9. The molecule has 13 heteroatoms. The highest BCUT2D eigenvalue weighted by atomic mass is 16.6. The predicted octanol–water partition coefficient (Wildman–Crippen LogP) is 2.53. The van der Waals surface area contributed by atoms with Gasteiger partial charge in [-0.3, -0.25) is 10.2 Å². The van der Waals surface area contributed by atoms with Crippen molar-refractivity contribution in [3.63, 3.8) is 0 Å². The maximum atomic E-state index is 12.4. The van der Waals surface area contributed by atoms with E-state index in [1.165, 1.54) is 20.2 Å². The van der Waals surface area contributed by atoms with Crippen molar-refractivity contribution < 1.29 is 43.2 Å². The van der Waals surface area contributed by atoms with Gasteiger partial charge in [0.2, 0.25) is 0 Å². The molecule has 0 spiro atoms. The van der Waals surface area contributed by atoms with Crippen molar-refractivity contribution in [2.45, 2.75) is 40.0 Å². The van der Waals surface area contributed by atoms with Gasteiger partial charge in [-0.15, -0.1) is 0 Å². The van der Waals surface area contributed by atoms with E-state index in [0.29, 0.717) is 53.0 Å². The summed E-state index contributed by atoms with van der Waals surface area (Å²) in [6, 6.07) is 8.65. The highest BCUT2D eigenvalue weighted by molar-refractivity contribution is 5.95. The van der Waals surface area contributed by atoms with Crippen LogP contribution in [0.5, 0.6) is 23.0 Å². The fraction of sp³-hybridized carbons (Fsp3) is 0.357. The van der Waals surface area contributed by atoms with E-state index in [1.54, 1.807) is 50.2 Å². The Morgan fingerprint density at radius 3 is 2.39 bits per heavy atom. The molecular weight excluding hydrogens is 536 g/mol. The van der Waals surface area contributed by atoms with E-state index >= 15 is 0 Å². The van der Waals surface area contributed by atoms with Crippen LogP contribution in [0.4, 0.5) is 4.79 Å². The van der Waals surface area contributed by atoms with E-state index in [-0.39, 0.29) is 12.2 Å². The van der Waals surface area contributed by atoms with E-state index in [1.807, 2.05) is 6.92 Å². The number of aliphatic hydroxyl groups is 1. The van der Waals surface area contributed by atoms with Crippen molar-refractivity contribution >= 4 is 24.2 Å². The fourth-order valence-corrected chi connectivity index (χ4v) is 3.93. The van der Waals surface area contributed by atoms with Crippen LogP contribution in [0.2, 0.25) is 0 Å². The Morgan fingerprint density at radius 2 is 1.73 bits per heavy atom. The molecule has 0 bridgehead atoms. The summed E-state index contributed by atoms with van der Waals surface area (Å²) in [5.41, 5.74) is 4.42. The second kappa shape index (κ2) is 14.6. The number of hydrogen-bond donors (Lipinski definition) is 4. The lowest BCUT2D eigenvalue weighted by molar-refractivity contribution is -0.136. The number of esters is 2. The van der Waals surface area contributed by atoms with Gasteiger partial charge in [-0.1, -0.05) is 6.07 Å². The Balaban J connectivity index is 1.68. The van der Waals surface area contributed by atoms with Crippen LogP contribution in [0, 0.1) is 0 Å². The molecule has 0 saturated heterocycles. The minimum atomic E-state index is -1.17. The molecule has 0 saturated carbocycles. The normalized spacial score (nSPS) is 15.5. The monoisotopic (exact) mass is 570 g/mol. The van der Waals surface area contributed by atoms with Crippen LogP contribution < -0.4 is 35.0 Å². The number of amides is 2. The number of ether oxygens (including phenoxy) is 5. The molecule has 0 unspecified atom stereocenters. The van der Waals surface area contributed by atoms with Crippen LogP contribution in [0.25, 0.3) is 0 Å². The third-order valence-corrected chi connectivity index (χ3v) is 5.63. The van der Waals surface area contributed by atoms with E-state index in [2.05, 4.69) is 21.2 Å². The Morgan fingerprint density at radius 1 is 1.05 bits per heavy atom. The summed E-state index contributed by atoms with van der Waals surface area (Å²) in [7, 11) is 1.27. The molecule has 0 aromatic heterocycles. The molecular formula is C28H34N4O9.